The van der Waals surface area contributed by atoms with Crippen molar-refractivity contribution >= 4 is 33.4 Å². The van der Waals surface area contributed by atoms with Gasteiger partial charge in [-0.15, -0.1) is 0 Å². The second-order valence-electron chi connectivity index (χ2n) is 17.1. The van der Waals surface area contributed by atoms with Crippen molar-refractivity contribution in [2.75, 3.05) is 4.90 Å². The van der Waals surface area contributed by atoms with Crippen LogP contribution in [0.15, 0.2) is 206 Å². The molecule has 1 atom stereocenters. The lowest BCUT2D eigenvalue weighted by molar-refractivity contribution is 0.381. The normalized spacial score (nSPS) is 15.8. The highest BCUT2D eigenvalue weighted by Gasteiger charge is 2.43. The molecule has 1 unspecified atom stereocenters. The SMILES string of the molecule is CC(C)(C)c1ccc(-c2ccccc2)c(N(c2cccc(C3=C4Oc5ccccc5C4(C)CC=C3)c2)c2ccccc2-c2cccc3cccc(-c4ccccc4)c23)c1. The van der Waals surface area contributed by atoms with E-state index in [1.54, 1.807) is 0 Å². The van der Waals surface area contributed by atoms with E-state index in [0.29, 0.717) is 0 Å². The molecule has 0 spiro atoms. The maximum Gasteiger partial charge on any atom is 0.131 e. The first kappa shape index (κ1) is 36.4. The summed E-state index contributed by atoms with van der Waals surface area (Å²) in [7, 11) is 0. The van der Waals surface area contributed by atoms with Crippen LogP contribution in [0.2, 0.25) is 0 Å². The highest BCUT2D eigenvalue weighted by Crippen LogP contribution is 2.53. The molecule has 0 amide bonds. The molecule has 59 heavy (non-hydrogen) atoms. The third-order valence-electron chi connectivity index (χ3n) is 12.3. The Morgan fingerprint density at radius 1 is 0.525 bits per heavy atom. The van der Waals surface area contributed by atoms with E-state index in [2.05, 4.69) is 233 Å². The van der Waals surface area contributed by atoms with E-state index in [1.165, 1.54) is 49.7 Å². The van der Waals surface area contributed by atoms with Gasteiger partial charge in [-0.05, 0) is 93.2 Å². The van der Waals surface area contributed by atoms with Crippen LogP contribution in [0.4, 0.5) is 17.1 Å². The predicted molar refractivity (Wildman–Crippen MR) is 249 cm³/mol. The summed E-state index contributed by atoms with van der Waals surface area (Å²) in [6, 6.07) is 68.5. The fourth-order valence-electron chi connectivity index (χ4n) is 9.21. The second-order valence-corrected chi connectivity index (χ2v) is 17.1. The van der Waals surface area contributed by atoms with Crippen molar-refractivity contribution in [3.63, 3.8) is 0 Å². The lowest BCUT2D eigenvalue weighted by atomic mass is 9.74. The van der Waals surface area contributed by atoms with E-state index in [0.717, 1.165) is 51.7 Å². The second kappa shape index (κ2) is 14.5. The fourth-order valence-corrected chi connectivity index (χ4v) is 9.21. The number of fused-ring (bicyclic) bond motifs is 4. The predicted octanol–water partition coefficient (Wildman–Crippen LogP) is 15.6. The molecule has 0 N–H and O–H groups in total. The van der Waals surface area contributed by atoms with Crippen LogP contribution < -0.4 is 9.64 Å². The van der Waals surface area contributed by atoms with Crippen LogP contribution in [0.3, 0.4) is 0 Å². The Bertz CT molecular complexity index is 2930. The van der Waals surface area contributed by atoms with Gasteiger partial charge in [0.25, 0.3) is 0 Å². The van der Waals surface area contributed by atoms with Gasteiger partial charge in [-0.2, -0.15) is 0 Å². The van der Waals surface area contributed by atoms with Gasteiger partial charge in [-0.1, -0.05) is 191 Å². The number of rotatable bonds is 7. The van der Waals surface area contributed by atoms with Crippen molar-refractivity contribution in [2.45, 2.75) is 44.9 Å². The number of anilines is 3. The van der Waals surface area contributed by atoms with E-state index in [4.69, 9.17) is 4.74 Å². The van der Waals surface area contributed by atoms with Crippen LogP contribution in [-0.4, -0.2) is 0 Å². The van der Waals surface area contributed by atoms with Crippen molar-refractivity contribution < 1.29 is 4.74 Å². The number of hydrogen-bond acceptors (Lipinski definition) is 2. The molecule has 1 aliphatic carbocycles. The Kier molecular flexibility index (Phi) is 8.95. The first-order valence-corrected chi connectivity index (χ1v) is 20.7. The van der Waals surface area contributed by atoms with Gasteiger partial charge in [0, 0.05) is 28.0 Å². The number of allylic oxidation sites excluding steroid dienone is 4. The summed E-state index contributed by atoms with van der Waals surface area (Å²) < 4.78 is 6.76. The maximum atomic E-state index is 6.76. The zero-order valence-corrected chi connectivity index (χ0v) is 34.1. The van der Waals surface area contributed by atoms with Crippen LogP contribution in [0.1, 0.15) is 50.8 Å². The fraction of sp³-hybridized carbons (Fsp3) is 0.123. The molecular formula is C57H47NO. The smallest absolute Gasteiger partial charge is 0.131 e. The minimum absolute atomic E-state index is 0.0735. The molecule has 2 aliphatic rings. The topological polar surface area (TPSA) is 12.5 Å². The summed E-state index contributed by atoms with van der Waals surface area (Å²) in [4.78, 5) is 2.50. The Balaban J connectivity index is 1.25. The summed E-state index contributed by atoms with van der Waals surface area (Å²) in [6.45, 7) is 9.22. The molecule has 0 saturated carbocycles. The summed E-state index contributed by atoms with van der Waals surface area (Å²) in [5.41, 5.74) is 14.9. The number of hydrogen-bond donors (Lipinski definition) is 0. The highest BCUT2D eigenvalue weighted by molar-refractivity contribution is 6.09. The minimum atomic E-state index is -0.227. The van der Waals surface area contributed by atoms with Gasteiger partial charge in [-0.25, -0.2) is 0 Å². The Morgan fingerprint density at radius 3 is 1.92 bits per heavy atom. The third-order valence-corrected chi connectivity index (χ3v) is 12.3. The van der Waals surface area contributed by atoms with Crippen LogP contribution in [0, 0.1) is 0 Å². The van der Waals surface area contributed by atoms with Crippen molar-refractivity contribution in [3.8, 4) is 39.1 Å². The van der Waals surface area contributed by atoms with E-state index in [9.17, 15) is 0 Å². The highest BCUT2D eigenvalue weighted by atomic mass is 16.5. The number of benzene rings is 8. The summed E-state index contributed by atoms with van der Waals surface area (Å²) in [5.74, 6) is 1.98. The summed E-state index contributed by atoms with van der Waals surface area (Å²) in [6.07, 6.45) is 5.48. The third kappa shape index (κ3) is 6.37. The van der Waals surface area contributed by atoms with Gasteiger partial charge in [0.1, 0.15) is 11.5 Å². The number of ether oxygens (including phenoxy) is 1. The number of nitrogens with zero attached hydrogens (tertiary/aromatic N) is 1. The quantitative estimate of drug-likeness (QED) is 0.160. The summed E-state index contributed by atoms with van der Waals surface area (Å²) >= 11 is 0. The molecule has 0 saturated heterocycles. The Morgan fingerprint density at radius 2 is 1.15 bits per heavy atom. The molecule has 1 aliphatic heterocycles. The molecule has 2 nitrogen and oxygen atoms in total. The first-order valence-electron chi connectivity index (χ1n) is 20.7. The van der Waals surface area contributed by atoms with E-state index < -0.39 is 0 Å². The molecule has 10 rings (SSSR count). The van der Waals surface area contributed by atoms with Gasteiger partial charge in [0.05, 0.1) is 16.8 Å². The van der Waals surface area contributed by atoms with Gasteiger partial charge < -0.3 is 9.64 Å². The molecule has 1 heterocycles. The van der Waals surface area contributed by atoms with Gasteiger partial charge >= 0.3 is 0 Å². The molecule has 286 valence electrons. The molecular weight excluding hydrogens is 715 g/mol. The molecule has 8 aromatic rings. The Labute approximate surface area is 348 Å². The van der Waals surface area contributed by atoms with Crippen molar-refractivity contribution in [1.29, 1.82) is 0 Å². The van der Waals surface area contributed by atoms with Crippen LogP contribution in [-0.2, 0) is 10.8 Å². The molecule has 2 heteroatoms. The van der Waals surface area contributed by atoms with E-state index >= 15 is 0 Å². The largest absolute Gasteiger partial charge is 0.460 e. The lowest BCUT2D eigenvalue weighted by Gasteiger charge is -2.33. The zero-order chi connectivity index (χ0) is 40.1. The maximum absolute atomic E-state index is 6.76. The average Bonchev–Trinajstić information content (AvgIpc) is 3.59. The van der Waals surface area contributed by atoms with Crippen molar-refractivity contribution in [3.05, 3.63) is 223 Å². The molecule has 0 radical (unpaired) electrons. The molecule has 8 aromatic carbocycles. The average molecular weight is 762 g/mol. The lowest BCUT2D eigenvalue weighted by Crippen LogP contribution is -2.24. The monoisotopic (exact) mass is 761 g/mol. The zero-order valence-electron chi connectivity index (χ0n) is 34.1. The molecule has 0 bridgehead atoms. The van der Waals surface area contributed by atoms with Gasteiger partial charge in [0.15, 0.2) is 0 Å². The van der Waals surface area contributed by atoms with Crippen LogP contribution >= 0.6 is 0 Å². The number of para-hydroxylation sites is 2. The van der Waals surface area contributed by atoms with Crippen LogP contribution in [0.25, 0.3) is 49.7 Å². The van der Waals surface area contributed by atoms with Gasteiger partial charge in [-0.3, -0.25) is 0 Å². The van der Waals surface area contributed by atoms with E-state index in [-0.39, 0.29) is 10.8 Å². The van der Waals surface area contributed by atoms with E-state index in [1.807, 2.05) is 0 Å². The summed E-state index contributed by atoms with van der Waals surface area (Å²) in [5, 5.41) is 2.45. The van der Waals surface area contributed by atoms with Crippen molar-refractivity contribution in [2.24, 2.45) is 0 Å². The van der Waals surface area contributed by atoms with Crippen molar-refractivity contribution in [1.82, 2.24) is 0 Å². The van der Waals surface area contributed by atoms with Crippen LogP contribution in [0.5, 0.6) is 5.75 Å². The Hall–Kier alpha value is -6.90. The molecule has 0 aromatic heterocycles. The minimum Gasteiger partial charge on any atom is -0.460 e. The first-order chi connectivity index (χ1) is 28.8. The molecule has 0 fully saturated rings. The standard InChI is InChI=1S/C57H47NO/c1-56(2,3)43-34-35-45(39-19-7-5-8-20-39)52(38-43)58(44-26-15-25-42(37-44)47-30-18-36-57(4)50-31-12-14-33-53(50)59-55(47)57)51-32-13-11-27-48(51)49-29-17-24-41-23-16-28-46(54(41)49)40-21-9-6-10-22-40/h5-35,37-38H,36H2,1-4H3. The van der Waals surface area contributed by atoms with Gasteiger partial charge in [0.2, 0.25) is 0 Å².